The second kappa shape index (κ2) is 40.1. The number of primary amides is 1. The van der Waals surface area contributed by atoms with Crippen LogP contribution in [0.5, 0.6) is 5.75 Å². The van der Waals surface area contributed by atoms with E-state index in [4.69, 9.17) is 33.8 Å². The van der Waals surface area contributed by atoms with Gasteiger partial charge in [0, 0.05) is 19.5 Å². The Kier molecular flexibility index (Phi) is 35.4. The molecule has 0 unspecified atom stereocenters. The highest BCUT2D eigenvalue weighted by molar-refractivity contribution is 5.99. The summed E-state index contributed by atoms with van der Waals surface area (Å²) in [5.74, 6) is -12.2. The van der Waals surface area contributed by atoms with E-state index in [-0.39, 0.29) is 101 Å². The molecule has 1 rings (SSSR count). The number of nitrogens with two attached hydrogens (primary N) is 4. The SMILES string of the molecule is CN[C@@H](CC(C)C)C(=O)N[C@@H](CCCNC(=N)N)C(=O)N[C@H](C(=O)N[C@@H](C)C(=O)N[C@H](C(=O)N[C@@H](CC(=O)O)C(=O)N[C@@H](CCCCN)C(=O)N[C@@H](Cc1ccc(O)cc1)C(=O)N[C@@H](CCCNC(=N)N)C(=O)N[C@@H](CC(C)C)C(N)=O)[C@@H](C)O)[C@@H](C)O. The first-order valence-corrected chi connectivity index (χ1v) is 29.1. The van der Waals surface area contributed by atoms with Crippen LogP contribution in [0.25, 0.3) is 0 Å². The van der Waals surface area contributed by atoms with Crippen LogP contribution in [0.15, 0.2) is 24.3 Å². The molecule has 0 saturated carbocycles. The van der Waals surface area contributed by atoms with Crippen LogP contribution in [-0.4, -0.2) is 197 Å². The number of likely N-dealkylation sites (N-methyl/N-ethyl adjacent to an activating group) is 1. The molecule has 33 nitrogen and oxygen atoms in total. The number of phenols is 1. The lowest BCUT2D eigenvalue weighted by Crippen LogP contribution is -2.62. The molecule has 0 aliphatic heterocycles. The van der Waals surface area contributed by atoms with Gasteiger partial charge in [0.15, 0.2) is 11.9 Å². The number of unbranched alkanes of at least 4 members (excludes halogenated alkanes) is 1. The lowest BCUT2D eigenvalue weighted by molar-refractivity contribution is -0.142. The number of amides is 10. The lowest BCUT2D eigenvalue weighted by atomic mass is 10.0. The van der Waals surface area contributed by atoms with Crippen LogP contribution in [0.4, 0.5) is 0 Å². The number of aromatic hydroxyl groups is 1. The van der Waals surface area contributed by atoms with Gasteiger partial charge in [-0.1, -0.05) is 39.8 Å². The molecule has 10 amide bonds. The predicted octanol–water partition coefficient (Wildman–Crippen LogP) is -5.62. The number of nitrogens with one attached hydrogen (secondary N) is 14. The van der Waals surface area contributed by atoms with Crippen LogP contribution in [0.1, 0.15) is 118 Å². The second-order valence-electron chi connectivity index (χ2n) is 22.3. The molecule has 0 saturated heterocycles. The average molecular weight is 1250 g/mol. The number of hydrogen-bond donors (Lipinski definition) is 22. The number of benzene rings is 1. The Morgan fingerprint density at radius 2 is 0.852 bits per heavy atom. The third-order valence-corrected chi connectivity index (χ3v) is 13.5. The minimum atomic E-state index is -2.01. The van der Waals surface area contributed by atoms with Gasteiger partial charge in [-0.2, -0.15) is 0 Å². The maximum atomic E-state index is 14.4. The number of carbonyl (C=O) groups excluding carboxylic acids is 10. The van der Waals surface area contributed by atoms with Crippen LogP contribution >= 0.6 is 0 Å². The quantitative estimate of drug-likeness (QED) is 0.0165. The summed E-state index contributed by atoms with van der Waals surface area (Å²) in [4.78, 5) is 149. The highest BCUT2D eigenvalue weighted by atomic mass is 16.4. The molecular weight excluding hydrogens is 1150 g/mol. The van der Waals surface area contributed by atoms with E-state index < -0.39 is 144 Å². The predicted molar refractivity (Wildman–Crippen MR) is 323 cm³/mol. The molecule has 1 aromatic carbocycles. The standard InChI is InChI=1S/C55H96N18O15/c1-27(2)23-37(44(57)79)69-46(81)35(14-11-21-63-54(58)59)68-50(85)39(25-32-16-18-33(76)19-17-32)70-47(82)34(13-9-10-20-56)67-51(86)40(26-41(77)78)71-53(88)43(31(7)75)72-45(80)29(5)65-52(87)42(30(6)74)73-48(83)36(15-12-22-64-55(60)61)66-49(84)38(62-8)24-28(3)4/h16-19,27-31,34-40,42-43,62,74-76H,9-15,20-26,56H2,1-8H3,(H2,57,79)(H,65,87)(H,66,84)(H,67,86)(H,68,85)(H,69,81)(H,70,82)(H,71,88)(H,72,80)(H,73,83)(H,77,78)(H4,58,59,63)(H4,60,61,64)/t29-,30+,31+,34-,35-,36-,37-,38-,39-,40-,42-,43-/m0/s1. The number of hydrogen-bond acceptors (Lipinski definition) is 18. The summed E-state index contributed by atoms with van der Waals surface area (Å²) in [5, 5.41) is 86.2. The fourth-order valence-corrected chi connectivity index (χ4v) is 8.70. The van der Waals surface area contributed by atoms with Crippen molar-refractivity contribution in [2.24, 2.45) is 34.8 Å². The van der Waals surface area contributed by atoms with Gasteiger partial charge >= 0.3 is 5.97 Å². The van der Waals surface area contributed by atoms with Crippen molar-refractivity contribution in [3.05, 3.63) is 29.8 Å². The smallest absolute Gasteiger partial charge is 0.305 e. The van der Waals surface area contributed by atoms with Gasteiger partial charge in [-0.25, -0.2) is 0 Å². The van der Waals surface area contributed by atoms with E-state index in [1.807, 2.05) is 13.8 Å². The molecule has 0 heterocycles. The first kappa shape index (κ1) is 77.6. The van der Waals surface area contributed by atoms with Gasteiger partial charge in [-0.15, -0.1) is 0 Å². The maximum Gasteiger partial charge on any atom is 0.305 e. The van der Waals surface area contributed by atoms with Crippen LogP contribution in [0.3, 0.4) is 0 Å². The number of guanidine groups is 2. The zero-order valence-corrected chi connectivity index (χ0v) is 51.4. The van der Waals surface area contributed by atoms with Gasteiger partial charge in [-0.05, 0) is 122 Å². The van der Waals surface area contributed by atoms with E-state index >= 15 is 0 Å². The average Bonchev–Trinajstić information content (AvgIpc) is 3.13. The fourth-order valence-electron chi connectivity index (χ4n) is 8.70. The minimum Gasteiger partial charge on any atom is -0.508 e. The van der Waals surface area contributed by atoms with Gasteiger partial charge in [0.25, 0.3) is 0 Å². The zero-order valence-electron chi connectivity index (χ0n) is 51.4. The number of carboxylic acid groups (broad SMARTS) is 1. The molecule has 88 heavy (non-hydrogen) atoms. The normalized spacial score (nSPS) is 15.2. The van der Waals surface area contributed by atoms with Crippen LogP contribution in [-0.2, 0) is 59.2 Å². The van der Waals surface area contributed by atoms with E-state index in [0.29, 0.717) is 18.4 Å². The van der Waals surface area contributed by atoms with E-state index in [0.717, 1.165) is 13.8 Å². The Balaban J connectivity index is 3.52. The third-order valence-electron chi connectivity index (χ3n) is 13.5. The molecule has 26 N–H and O–H groups in total. The topological polar surface area (TPSA) is 565 Å². The highest BCUT2D eigenvalue weighted by Crippen LogP contribution is 2.15. The molecule has 0 radical (unpaired) electrons. The highest BCUT2D eigenvalue weighted by Gasteiger charge is 2.37. The molecular formula is C55H96N18O15. The Labute approximate surface area is 512 Å². The summed E-state index contributed by atoms with van der Waals surface area (Å²) in [5.41, 5.74) is 22.5. The summed E-state index contributed by atoms with van der Waals surface area (Å²) >= 11 is 0. The summed E-state index contributed by atoms with van der Waals surface area (Å²) in [6.07, 6.45) is -3.57. The van der Waals surface area contributed by atoms with Crippen molar-refractivity contribution < 1.29 is 73.2 Å². The van der Waals surface area contributed by atoms with Crippen molar-refractivity contribution in [3.63, 3.8) is 0 Å². The van der Waals surface area contributed by atoms with E-state index in [1.165, 1.54) is 31.2 Å². The van der Waals surface area contributed by atoms with Crippen molar-refractivity contribution >= 4 is 77.0 Å². The Hall–Kier alpha value is -8.43. The second-order valence-corrected chi connectivity index (χ2v) is 22.3. The zero-order chi connectivity index (χ0) is 67.0. The van der Waals surface area contributed by atoms with Crippen LogP contribution in [0, 0.1) is 22.7 Å². The first-order valence-electron chi connectivity index (χ1n) is 29.1. The van der Waals surface area contributed by atoms with Gasteiger partial charge in [0.1, 0.15) is 60.1 Å². The summed E-state index contributed by atoms with van der Waals surface area (Å²) < 4.78 is 0. The molecule has 0 spiro atoms. The Morgan fingerprint density at radius 3 is 1.27 bits per heavy atom. The van der Waals surface area contributed by atoms with Crippen molar-refractivity contribution in [1.82, 2.24) is 63.8 Å². The summed E-state index contributed by atoms with van der Waals surface area (Å²) in [7, 11) is 1.57. The van der Waals surface area contributed by atoms with Crippen LogP contribution < -0.4 is 86.7 Å². The van der Waals surface area contributed by atoms with Crippen molar-refractivity contribution in [2.75, 3.05) is 26.7 Å². The molecule has 12 atom stereocenters. The largest absolute Gasteiger partial charge is 0.508 e. The molecule has 0 bridgehead atoms. The van der Waals surface area contributed by atoms with E-state index in [9.17, 15) is 73.2 Å². The van der Waals surface area contributed by atoms with Gasteiger partial charge < -0.3 is 107 Å². The summed E-state index contributed by atoms with van der Waals surface area (Å²) in [6.45, 7) is 11.2. The number of carboxylic acids is 1. The fraction of sp³-hybridized carbons (Fsp3) is 0.655. The first-order chi connectivity index (χ1) is 41.2. The number of rotatable bonds is 42. The molecule has 33 heteroatoms. The summed E-state index contributed by atoms with van der Waals surface area (Å²) in [6, 6.07) is -9.28. The van der Waals surface area contributed by atoms with Crippen molar-refractivity contribution in [2.45, 2.75) is 192 Å². The Morgan fingerprint density at radius 1 is 0.477 bits per heavy atom. The minimum absolute atomic E-state index is 0.00751. The van der Waals surface area contributed by atoms with Crippen molar-refractivity contribution in [3.8, 4) is 5.75 Å². The number of aliphatic carboxylic acids is 1. The van der Waals surface area contributed by atoms with Crippen LogP contribution in [0.2, 0.25) is 0 Å². The number of aliphatic hydroxyl groups is 2. The van der Waals surface area contributed by atoms with Crippen molar-refractivity contribution in [1.29, 1.82) is 10.8 Å². The third kappa shape index (κ3) is 30.3. The van der Waals surface area contributed by atoms with Gasteiger partial charge in [-0.3, -0.25) is 63.6 Å². The monoisotopic (exact) mass is 1250 g/mol. The number of aliphatic hydroxyl groups excluding tert-OH is 2. The Bertz CT molecular complexity index is 2500. The number of phenolic OH excluding ortho intramolecular Hbond substituents is 1. The molecule has 0 aliphatic carbocycles. The molecule has 496 valence electrons. The van der Waals surface area contributed by atoms with Gasteiger partial charge in [0.05, 0.1) is 24.7 Å². The molecule has 1 aromatic rings. The molecule has 0 aliphatic rings. The lowest BCUT2D eigenvalue weighted by Gasteiger charge is -2.28. The molecule has 0 aromatic heterocycles. The number of carbonyl (C=O) groups is 11. The maximum absolute atomic E-state index is 14.4. The van der Waals surface area contributed by atoms with E-state index in [1.54, 1.807) is 20.9 Å². The molecule has 0 fully saturated rings. The van der Waals surface area contributed by atoms with E-state index in [2.05, 4.69) is 63.8 Å². The van der Waals surface area contributed by atoms with Gasteiger partial charge in [0.2, 0.25) is 59.1 Å².